The Balaban J connectivity index is 1.74. The van der Waals surface area contributed by atoms with E-state index in [0.717, 1.165) is 5.56 Å². The lowest BCUT2D eigenvalue weighted by Gasteiger charge is -2.08. The van der Waals surface area contributed by atoms with Crippen molar-refractivity contribution < 1.29 is 23.5 Å². The molecular weight excluding hydrogens is 339 g/mol. The second-order valence-corrected chi connectivity index (χ2v) is 5.60. The molecule has 2 aromatic rings. The zero-order chi connectivity index (χ0) is 18.9. The van der Waals surface area contributed by atoms with Crippen LogP contribution >= 0.6 is 0 Å². The number of hydrogen-bond donors (Lipinski definition) is 2. The van der Waals surface area contributed by atoms with Crippen molar-refractivity contribution in [1.29, 1.82) is 0 Å². The van der Waals surface area contributed by atoms with Crippen LogP contribution in [-0.2, 0) is 25.5 Å². The Morgan fingerprint density at radius 1 is 1.00 bits per heavy atom. The monoisotopic (exact) mass is 358 g/mol. The van der Waals surface area contributed by atoms with Crippen molar-refractivity contribution in [2.24, 2.45) is 0 Å². The van der Waals surface area contributed by atoms with Gasteiger partial charge in [0.25, 0.3) is 5.91 Å². The lowest BCUT2D eigenvalue weighted by atomic mass is 10.1. The molecule has 0 aliphatic rings. The normalized spacial score (nSPS) is 10.1. The van der Waals surface area contributed by atoms with E-state index in [1.165, 1.54) is 19.1 Å². The number of nitrogens with one attached hydrogen (secondary N) is 2. The van der Waals surface area contributed by atoms with Crippen molar-refractivity contribution in [3.63, 3.8) is 0 Å². The molecule has 0 saturated carbocycles. The summed E-state index contributed by atoms with van der Waals surface area (Å²) >= 11 is 0. The highest BCUT2D eigenvalue weighted by atomic mass is 19.1. The van der Waals surface area contributed by atoms with Gasteiger partial charge in [-0.05, 0) is 42.3 Å². The Bertz CT molecular complexity index is 790. The molecule has 136 valence electrons. The lowest BCUT2D eigenvalue weighted by Crippen LogP contribution is -2.21. The van der Waals surface area contributed by atoms with E-state index < -0.39 is 18.5 Å². The molecule has 0 aliphatic heterocycles. The van der Waals surface area contributed by atoms with Crippen LogP contribution in [0.25, 0.3) is 0 Å². The first kappa shape index (κ1) is 19.1. The van der Waals surface area contributed by atoms with Gasteiger partial charge in [0.2, 0.25) is 5.91 Å². The van der Waals surface area contributed by atoms with Gasteiger partial charge in [0.15, 0.2) is 6.61 Å². The maximum Gasteiger partial charge on any atom is 0.306 e. The number of hydrogen-bond acceptors (Lipinski definition) is 4. The minimum Gasteiger partial charge on any atom is -0.456 e. The minimum atomic E-state index is -0.517. The number of esters is 1. The van der Waals surface area contributed by atoms with Crippen LogP contribution in [0, 0.1) is 5.82 Å². The summed E-state index contributed by atoms with van der Waals surface area (Å²) in [5.41, 5.74) is 1.83. The summed E-state index contributed by atoms with van der Waals surface area (Å²) in [5, 5.41) is 5.19. The maximum absolute atomic E-state index is 12.8. The molecule has 2 aromatic carbocycles. The molecule has 0 bridgehead atoms. The van der Waals surface area contributed by atoms with Crippen molar-refractivity contribution in [2.45, 2.75) is 19.8 Å². The quantitative estimate of drug-likeness (QED) is 0.746. The van der Waals surface area contributed by atoms with Crippen LogP contribution in [-0.4, -0.2) is 24.4 Å². The van der Waals surface area contributed by atoms with E-state index in [4.69, 9.17) is 4.74 Å². The van der Waals surface area contributed by atoms with Crippen LogP contribution in [0.5, 0.6) is 0 Å². The van der Waals surface area contributed by atoms with Gasteiger partial charge in [-0.1, -0.05) is 18.2 Å². The highest BCUT2D eigenvalue weighted by Gasteiger charge is 2.09. The van der Waals surface area contributed by atoms with Gasteiger partial charge >= 0.3 is 5.97 Å². The zero-order valence-corrected chi connectivity index (χ0v) is 14.3. The smallest absolute Gasteiger partial charge is 0.306 e. The summed E-state index contributed by atoms with van der Waals surface area (Å²) in [7, 11) is 0. The minimum absolute atomic E-state index is 0.0942. The van der Waals surface area contributed by atoms with E-state index in [1.54, 1.807) is 36.4 Å². The third-order valence-electron chi connectivity index (χ3n) is 3.36. The molecule has 0 saturated heterocycles. The molecule has 2 rings (SSSR count). The topological polar surface area (TPSA) is 84.5 Å². The predicted octanol–water partition coefficient (Wildman–Crippen LogP) is 2.90. The van der Waals surface area contributed by atoms with Gasteiger partial charge in [-0.3, -0.25) is 14.4 Å². The van der Waals surface area contributed by atoms with Crippen LogP contribution in [0.15, 0.2) is 48.5 Å². The Morgan fingerprint density at radius 3 is 2.31 bits per heavy atom. The number of aryl methyl sites for hydroxylation is 1. The van der Waals surface area contributed by atoms with Crippen molar-refractivity contribution >= 4 is 29.2 Å². The SMILES string of the molecule is CC(=O)Nc1cccc(NC(=O)COC(=O)CCc2ccc(F)cc2)c1. The molecule has 0 aromatic heterocycles. The first-order chi connectivity index (χ1) is 12.4. The molecule has 0 aliphatic carbocycles. The Kier molecular flexibility index (Phi) is 6.84. The summed E-state index contributed by atoms with van der Waals surface area (Å²) in [5.74, 6) is -1.56. The van der Waals surface area contributed by atoms with E-state index in [9.17, 15) is 18.8 Å². The second-order valence-electron chi connectivity index (χ2n) is 5.60. The van der Waals surface area contributed by atoms with Gasteiger partial charge in [0.05, 0.1) is 0 Å². The van der Waals surface area contributed by atoms with E-state index in [0.29, 0.717) is 17.8 Å². The Hall–Kier alpha value is -3.22. The molecule has 0 unspecified atom stereocenters. The number of anilines is 2. The maximum atomic E-state index is 12.8. The molecule has 0 heterocycles. The van der Waals surface area contributed by atoms with Crippen LogP contribution in [0.2, 0.25) is 0 Å². The van der Waals surface area contributed by atoms with Crippen LogP contribution in [0.1, 0.15) is 18.9 Å². The molecule has 26 heavy (non-hydrogen) atoms. The highest BCUT2D eigenvalue weighted by molar-refractivity contribution is 5.94. The fraction of sp³-hybridized carbons (Fsp3) is 0.211. The molecule has 2 amide bonds. The molecule has 0 radical (unpaired) electrons. The number of carbonyl (C=O) groups is 3. The van der Waals surface area contributed by atoms with E-state index in [-0.39, 0.29) is 18.1 Å². The molecule has 6 nitrogen and oxygen atoms in total. The first-order valence-corrected chi connectivity index (χ1v) is 8.00. The standard InChI is InChI=1S/C19H19FN2O4/c1-13(23)21-16-3-2-4-17(11-16)22-18(24)12-26-19(25)10-7-14-5-8-15(20)9-6-14/h2-6,8-9,11H,7,10,12H2,1H3,(H,21,23)(H,22,24). The number of benzene rings is 2. The summed E-state index contributed by atoms with van der Waals surface area (Å²) < 4.78 is 17.7. The van der Waals surface area contributed by atoms with Crippen molar-refractivity contribution in [2.75, 3.05) is 17.2 Å². The van der Waals surface area contributed by atoms with E-state index >= 15 is 0 Å². The molecular formula is C19H19FN2O4. The number of amides is 2. The summed E-state index contributed by atoms with van der Waals surface area (Å²) in [6.07, 6.45) is 0.496. The Labute approximate surface area is 150 Å². The number of carbonyl (C=O) groups excluding carboxylic acids is 3. The van der Waals surface area contributed by atoms with E-state index in [1.807, 2.05) is 0 Å². The molecule has 0 spiro atoms. The van der Waals surface area contributed by atoms with Crippen molar-refractivity contribution in [1.82, 2.24) is 0 Å². The van der Waals surface area contributed by atoms with Gasteiger partial charge < -0.3 is 15.4 Å². The summed E-state index contributed by atoms with van der Waals surface area (Å²) in [6, 6.07) is 12.4. The first-order valence-electron chi connectivity index (χ1n) is 8.00. The van der Waals surface area contributed by atoms with Crippen LogP contribution in [0.4, 0.5) is 15.8 Å². The lowest BCUT2D eigenvalue weighted by molar-refractivity contribution is -0.147. The number of rotatable bonds is 7. The van der Waals surface area contributed by atoms with Crippen LogP contribution in [0.3, 0.4) is 0 Å². The van der Waals surface area contributed by atoms with E-state index in [2.05, 4.69) is 10.6 Å². The predicted molar refractivity (Wildman–Crippen MR) is 95.1 cm³/mol. The number of ether oxygens (including phenoxy) is 1. The van der Waals surface area contributed by atoms with Gasteiger partial charge in [0, 0.05) is 24.7 Å². The molecule has 2 N–H and O–H groups in total. The average molecular weight is 358 g/mol. The number of halogens is 1. The second kappa shape index (κ2) is 9.31. The van der Waals surface area contributed by atoms with Gasteiger partial charge in [-0.25, -0.2) is 4.39 Å². The molecule has 7 heteroatoms. The van der Waals surface area contributed by atoms with Gasteiger partial charge in [-0.15, -0.1) is 0 Å². The highest BCUT2D eigenvalue weighted by Crippen LogP contribution is 2.15. The summed E-state index contributed by atoms with van der Waals surface area (Å²) in [4.78, 5) is 34.6. The fourth-order valence-corrected chi connectivity index (χ4v) is 2.19. The average Bonchev–Trinajstić information content (AvgIpc) is 2.59. The largest absolute Gasteiger partial charge is 0.456 e. The zero-order valence-electron chi connectivity index (χ0n) is 14.3. The third-order valence-corrected chi connectivity index (χ3v) is 3.36. The van der Waals surface area contributed by atoms with Crippen molar-refractivity contribution in [3.8, 4) is 0 Å². The van der Waals surface area contributed by atoms with Gasteiger partial charge in [-0.2, -0.15) is 0 Å². The molecule has 0 atom stereocenters. The summed E-state index contributed by atoms with van der Waals surface area (Å²) in [6.45, 7) is 0.975. The Morgan fingerprint density at radius 2 is 1.65 bits per heavy atom. The van der Waals surface area contributed by atoms with Gasteiger partial charge in [0.1, 0.15) is 5.82 Å². The third kappa shape index (κ3) is 6.72. The van der Waals surface area contributed by atoms with Crippen molar-refractivity contribution in [3.05, 3.63) is 59.9 Å². The molecule has 0 fully saturated rings. The fourth-order valence-electron chi connectivity index (χ4n) is 2.19. The van der Waals surface area contributed by atoms with Crippen LogP contribution < -0.4 is 10.6 Å².